The second-order valence-corrected chi connectivity index (χ2v) is 5.86. The van der Waals surface area contributed by atoms with E-state index in [2.05, 4.69) is 15.6 Å². The van der Waals surface area contributed by atoms with E-state index in [1.54, 1.807) is 19.2 Å². The summed E-state index contributed by atoms with van der Waals surface area (Å²) in [5, 5.41) is 15.7. The van der Waals surface area contributed by atoms with Crippen LogP contribution in [0.5, 0.6) is 0 Å². The van der Waals surface area contributed by atoms with Gasteiger partial charge in [0.25, 0.3) is 5.91 Å². The fourth-order valence-electron chi connectivity index (χ4n) is 2.80. The molecule has 1 heterocycles. The first-order valence-corrected chi connectivity index (χ1v) is 7.79. The largest absolute Gasteiger partial charge is 0.396 e. The molecule has 0 spiro atoms. The topological polar surface area (TPSA) is 74.2 Å². The van der Waals surface area contributed by atoms with Crippen molar-refractivity contribution < 1.29 is 9.90 Å². The summed E-state index contributed by atoms with van der Waals surface area (Å²) in [4.78, 5) is 16.5. The van der Waals surface area contributed by atoms with Crippen molar-refractivity contribution in [3.8, 4) is 0 Å². The molecule has 0 aromatic carbocycles. The van der Waals surface area contributed by atoms with Gasteiger partial charge in [-0.05, 0) is 25.0 Å². The van der Waals surface area contributed by atoms with Gasteiger partial charge in [0.05, 0.1) is 0 Å². The van der Waals surface area contributed by atoms with E-state index in [4.69, 9.17) is 11.6 Å². The lowest BCUT2D eigenvalue weighted by molar-refractivity contribution is 0.0899. The van der Waals surface area contributed by atoms with Crippen molar-refractivity contribution in [3.63, 3.8) is 0 Å². The predicted octanol–water partition coefficient (Wildman–Crippen LogP) is 2.45. The minimum Gasteiger partial charge on any atom is -0.396 e. The van der Waals surface area contributed by atoms with Gasteiger partial charge in [-0.1, -0.05) is 30.9 Å². The summed E-state index contributed by atoms with van der Waals surface area (Å²) in [5.74, 6) is 0.533. The summed E-state index contributed by atoms with van der Waals surface area (Å²) in [7, 11) is 1.73. The van der Waals surface area contributed by atoms with Crippen LogP contribution in [0, 0.1) is 5.92 Å². The lowest BCUT2D eigenvalue weighted by atomic mass is 9.95. The van der Waals surface area contributed by atoms with Crippen molar-refractivity contribution in [2.75, 3.05) is 19.0 Å². The zero-order valence-corrected chi connectivity index (χ0v) is 13.0. The summed E-state index contributed by atoms with van der Waals surface area (Å²) >= 11 is 5.93. The maximum absolute atomic E-state index is 12.4. The van der Waals surface area contributed by atoms with E-state index in [0.717, 1.165) is 32.1 Å². The highest BCUT2D eigenvalue weighted by atomic mass is 35.5. The van der Waals surface area contributed by atoms with Crippen LogP contribution in [0.2, 0.25) is 5.15 Å². The van der Waals surface area contributed by atoms with Crippen LogP contribution in [0.25, 0.3) is 0 Å². The fourth-order valence-corrected chi connectivity index (χ4v) is 3.01. The Labute approximate surface area is 130 Å². The van der Waals surface area contributed by atoms with E-state index in [0.29, 0.717) is 11.4 Å². The van der Waals surface area contributed by atoms with E-state index >= 15 is 0 Å². The van der Waals surface area contributed by atoms with Gasteiger partial charge in [-0.15, -0.1) is 0 Å². The average molecular weight is 312 g/mol. The first-order chi connectivity index (χ1) is 10.1. The molecule has 0 bridgehead atoms. The molecule has 6 heteroatoms. The molecule has 1 aromatic heterocycles. The molecule has 1 aliphatic carbocycles. The lowest BCUT2D eigenvalue weighted by Gasteiger charge is -2.24. The molecule has 1 saturated carbocycles. The molecule has 1 amide bonds. The van der Waals surface area contributed by atoms with Crippen molar-refractivity contribution in [1.29, 1.82) is 0 Å². The Hall–Kier alpha value is -1.33. The SMILES string of the molecule is CNc1cc(C(=O)NC2CCCCCC2CO)cc(Cl)n1. The number of nitrogens with zero attached hydrogens (tertiary/aromatic N) is 1. The van der Waals surface area contributed by atoms with Crippen molar-refractivity contribution in [3.05, 3.63) is 22.8 Å². The maximum Gasteiger partial charge on any atom is 0.251 e. The third-order valence-corrected chi connectivity index (χ3v) is 4.22. The van der Waals surface area contributed by atoms with Gasteiger partial charge in [0.15, 0.2) is 0 Å². The summed E-state index contributed by atoms with van der Waals surface area (Å²) in [6.07, 6.45) is 5.23. The van der Waals surface area contributed by atoms with Crippen molar-refractivity contribution in [2.45, 2.75) is 38.1 Å². The molecule has 21 heavy (non-hydrogen) atoms. The number of carbonyl (C=O) groups is 1. The van der Waals surface area contributed by atoms with Crippen molar-refractivity contribution in [2.24, 2.45) is 5.92 Å². The molecule has 1 aromatic rings. The fraction of sp³-hybridized carbons (Fsp3) is 0.600. The van der Waals surface area contributed by atoms with Crippen LogP contribution in [-0.2, 0) is 0 Å². The van der Waals surface area contributed by atoms with Crippen LogP contribution in [0.1, 0.15) is 42.5 Å². The number of aromatic nitrogens is 1. The van der Waals surface area contributed by atoms with E-state index < -0.39 is 0 Å². The third-order valence-electron chi connectivity index (χ3n) is 4.02. The first kappa shape index (κ1) is 16.0. The minimum absolute atomic E-state index is 0.0231. The lowest BCUT2D eigenvalue weighted by Crippen LogP contribution is -2.41. The Balaban J connectivity index is 2.10. The summed E-state index contributed by atoms with van der Waals surface area (Å²) in [5.41, 5.74) is 0.486. The molecule has 3 N–H and O–H groups in total. The summed E-state index contributed by atoms with van der Waals surface area (Å²) in [6.45, 7) is 0.115. The normalized spacial score (nSPS) is 22.4. The van der Waals surface area contributed by atoms with Crippen LogP contribution >= 0.6 is 11.6 Å². The second-order valence-electron chi connectivity index (χ2n) is 5.47. The molecule has 1 fully saturated rings. The summed E-state index contributed by atoms with van der Waals surface area (Å²) in [6, 6.07) is 3.25. The molecule has 1 aliphatic rings. The molecule has 2 atom stereocenters. The number of nitrogens with one attached hydrogen (secondary N) is 2. The molecular weight excluding hydrogens is 290 g/mol. The maximum atomic E-state index is 12.4. The Morgan fingerprint density at radius 1 is 1.38 bits per heavy atom. The highest BCUT2D eigenvalue weighted by molar-refractivity contribution is 6.29. The van der Waals surface area contributed by atoms with Gasteiger partial charge in [0, 0.05) is 31.2 Å². The quantitative estimate of drug-likeness (QED) is 0.590. The number of aliphatic hydroxyl groups excluding tert-OH is 1. The number of rotatable bonds is 4. The van der Waals surface area contributed by atoms with Gasteiger partial charge in [-0.2, -0.15) is 0 Å². The molecule has 0 radical (unpaired) electrons. The molecule has 0 aliphatic heterocycles. The van der Waals surface area contributed by atoms with Gasteiger partial charge in [0.1, 0.15) is 11.0 Å². The van der Waals surface area contributed by atoms with Gasteiger partial charge in [0.2, 0.25) is 0 Å². The highest BCUT2D eigenvalue weighted by Crippen LogP contribution is 2.24. The number of aliphatic hydroxyl groups is 1. The van der Waals surface area contributed by atoms with Crippen molar-refractivity contribution >= 4 is 23.3 Å². The molecule has 2 rings (SSSR count). The average Bonchev–Trinajstić information content (AvgIpc) is 2.71. The monoisotopic (exact) mass is 311 g/mol. The third kappa shape index (κ3) is 4.32. The number of hydrogen-bond donors (Lipinski definition) is 3. The van der Waals surface area contributed by atoms with Gasteiger partial charge >= 0.3 is 0 Å². The Kier molecular flexibility index (Phi) is 5.82. The van der Waals surface area contributed by atoms with Crippen molar-refractivity contribution in [1.82, 2.24) is 10.3 Å². The van der Waals surface area contributed by atoms with E-state index in [1.165, 1.54) is 0 Å². The number of pyridine rings is 1. The van der Waals surface area contributed by atoms with E-state index in [1.807, 2.05) is 0 Å². The van der Waals surface area contributed by atoms with Gasteiger partial charge in [-0.25, -0.2) is 4.98 Å². The molecule has 116 valence electrons. The molecule has 5 nitrogen and oxygen atoms in total. The number of carbonyl (C=O) groups excluding carboxylic acids is 1. The van der Waals surface area contributed by atoms with E-state index in [9.17, 15) is 9.90 Å². The molecule has 2 unspecified atom stereocenters. The highest BCUT2D eigenvalue weighted by Gasteiger charge is 2.25. The van der Waals surface area contributed by atoms with Crippen LogP contribution < -0.4 is 10.6 Å². The van der Waals surface area contributed by atoms with Crippen LogP contribution in [-0.4, -0.2) is 35.7 Å². The van der Waals surface area contributed by atoms with Crippen LogP contribution in [0.4, 0.5) is 5.82 Å². The number of anilines is 1. The van der Waals surface area contributed by atoms with Gasteiger partial charge < -0.3 is 15.7 Å². The zero-order valence-electron chi connectivity index (χ0n) is 12.2. The van der Waals surface area contributed by atoms with Crippen LogP contribution in [0.3, 0.4) is 0 Å². The van der Waals surface area contributed by atoms with Gasteiger partial charge in [-0.3, -0.25) is 4.79 Å². The number of halogens is 1. The Bertz CT molecular complexity index is 496. The Morgan fingerprint density at radius 2 is 2.14 bits per heavy atom. The first-order valence-electron chi connectivity index (χ1n) is 7.41. The minimum atomic E-state index is -0.166. The molecule has 0 saturated heterocycles. The predicted molar refractivity (Wildman–Crippen MR) is 83.7 cm³/mol. The number of hydrogen-bond acceptors (Lipinski definition) is 4. The smallest absolute Gasteiger partial charge is 0.251 e. The Morgan fingerprint density at radius 3 is 2.86 bits per heavy atom. The standard InChI is InChI=1S/C15H22ClN3O2/c1-17-14-8-11(7-13(16)19-14)15(21)18-12-6-4-2-3-5-10(12)9-20/h7-8,10,12,20H,2-6,9H2,1H3,(H,17,19)(H,18,21). The number of amides is 1. The summed E-state index contributed by atoms with van der Waals surface area (Å²) < 4.78 is 0. The zero-order chi connectivity index (χ0) is 15.2. The molecular formula is C15H22ClN3O2. The van der Waals surface area contributed by atoms with E-state index in [-0.39, 0.29) is 29.6 Å². The van der Waals surface area contributed by atoms with Crippen LogP contribution in [0.15, 0.2) is 12.1 Å². The second kappa shape index (κ2) is 7.61.